The quantitative estimate of drug-likeness (QED) is 0.587. The Labute approximate surface area is 161 Å². The predicted molar refractivity (Wildman–Crippen MR) is 113 cm³/mol. The van der Waals surface area contributed by atoms with Gasteiger partial charge in [0.1, 0.15) is 0 Å². The average molecular weight is 368 g/mol. The molecule has 4 heteroatoms. The van der Waals surface area contributed by atoms with Gasteiger partial charge >= 0.3 is 0 Å². The van der Waals surface area contributed by atoms with Crippen LogP contribution in [0.1, 0.15) is 19.4 Å². The van der Waals surface area contributed by atoms with Gasteiger partial charge in [-0.1, -0.05) is 55.3 Å². The second kappa shape index (κ2) is 8.52. The molecular weight excluding hydrogens is 342 g/mol. The summed E-state index contributed by atoms with van der Waals surface area (Å²) in [5.74, 6) is 0. The zero-order chi connectivity index (χ0) is 18.5. The Morgan fingerprint density at radius 2 is 1.77 bits per heavy atom. The smallest absolute Gasteiger partial charge is 0.0738 e. The van der Waals surface area contributed by atoms with Gasteiger partial charge < -0.3 is 10.2 Å². The molecule has 1 heterocycles. The van der Waals surface area contributed by atoms with Crippen LogP contribution < -0.4 is 5.32 Å². The number of pyridine rings is 1. The van der Waals surface area contributed by atoms with Crippen molar-refractivity contribution in [3.05, 3.63) is 59.2 Å². The zero-order valence-electron chi connectivity index (χ0n) is 15.7. The number of nitrogens with one attached hydrogen (secondary N) is 1. The summed E-state index contributed by atoms with van der Waals surface area (Å²) in [5, 5.41) is 5.48. The van der Waals surface area contributed by atoms with E-state index in [0.717, 1.165) is 48.3 Å². The van der Waals surface area contributed by atoms with Crippen LogP contribution in [0.4, 0.5) is 5.69 Å². The first-order chi connectivity index (χ1) is 12.6. The number of rotatable bonds is 7. The van der Waals surface area contributed by atoms with Crippen molar-refractivity contribution >= 4 is 28.2 Å². The largest absolute Gasteiger partial charge is 0.383 e. The van der Waals surface area contributed by atoms with Crippen molar-refractivity contribution in [3.8, 4) is 11.1 Å². The predicted octanol–water partition coefficient (Wildman–Crippen LogP) is 5.62. The van der Waals surface area contributed by atoms with Crippen LogP contribution in [-0.4, -0.2) is 36.1 Å². The van der Waals surface area contributed by atoms with Crippen LogP contribution in [0.3, 0.4) is 0 Å². The number of hydrogen-bond donors (Lipinski definition) is 1. The summed E-state index contributed by atoms with van der Waals surface area (Å²) in [4.78, 5) is 7.06. The van der Waals surface area contributed by atoms with Gasteiger partial charge in [0.15, 0.2) is 0 Å². The molecule has 0 saturated heterocycles. The first kappa shape index (κ1) is 18.7. The van der Waals surface area contributed by atoms with Crippen LogP contribution in [0, 0.1) is 6.92 Å². The second-order valence-corrected chi connectivity index (χ2v) is 6.96. The molecule has 0 radical (unpaired) electrons. The summed E-state index contributed by atoms with van der Waals surface area (Å²) in [7, 11) is 0. The number of halogens is 1. The first-order valence-electron chi connectivity index (χ1n) is 9.24. The number of benzene rings is 2. The summed E-state index contributed by atoms with van der Waals surface area (Å²) in [5.41, 5.74) is 5.59. The highest BCUT2D eigenvalue weighted by Crippen LogP contribution is 2.34. The maximum atomic E-state index is 6.16. The minimum Gasteiger partial charge on any atom is -0.383 e. The van der Waals surface area contributed by atoms with E-state index < -0.39 is 0 Å². The number of aryl methyl sites for hydroxylation is 1. The molecule has 0 aliphatic rings. The molecule has 136 valence electrons. The number of likely N-dealkylation sites (N-methyl/N-ethyl adjacent to an activating group) is 1. The average Bonchev–Trinajstić information content (AvgIpc) is 2.66. The van der Waals surface area contributed by atoms with Gasteiger partial charge in [0, 0.05) is 35.3 Å². The lowest BCUT2D eigenvalue weighted by atomic mass is 10.0. The lowest BCUT2D eigenvalue weighted by Crippen LogP contribution is -2.28. The Bertz CT molecular complexity index is 870. The van der Waals surface area contributed by atoms with Gasteiger partial charge in [-0.15, -0.1) is 0 Å². The van der Waals surface area contributed by atoms with Crippen LogP contribution in [-0.2, 0) is 0 Å². The maximum absolute atomic E-state index is 6.16. The fourth-order valence-corrected chi connectivity index (χ4v) is 3.35. The summed E-state index contributed by atoms with van der Waals surface area (Å²) in [6, 6.07) is 14.5. The van der Waals surface area contributed by atoms with Gasteiger partial charge in [-0.3, -0.25) is 4.98 Å². The minimum absolute atomic E-state index is 0.710. The molecule has 0 unspecified atom stereocenters. The summed E-state index contributed by atoms with van der Waals surface area (Å²) in [6.07, 6.45) is 1.95. The Morgan fingerprint density at radius 3 is 2.46 bits per heavy atom. The van der Waals surface area contributed by atoms with Crippen molar-refractivity contribution < 1.29 is 0 Å². The Hall–Kier alpha value is -2.10. The maximum Gasteiger partial charge on any atom is 0.0738 e. The molecule has 1 N–H and O–H groups in total. The highest BCUT2D eigenvalue weighted by Gasteiger charge is 2.11. The SMILES string of the molecule is CCN(CC)CCNc1c(-c2ccc(C)cc2)cnc2cc(Cl)ccc12. The third-order valence-electron chi connectivity index (χ3n) is 4.82. The normalized spacial score (nSPS) is 11.3. The molecule has 0 aliphatic heterocycles. The highest BCUT2D eigenvalue weighted by molar-refractivity contribution is 6.31. The van der Waals surface area contributed by atoms with Gasteiger partial charge in [-0.2, -0.15) is 0 Å². The van der Waals surface area contributed by atoms with Crippen molar-refractivity contribution in [3.63, 3.8) is 0 Å². The lowest BCUT2D eigenvalue weighted by molar-refractivity contribution is 0.316. The topological polar surface area (TPSA) is 28.2 Å². The van der Waals surface area contributed by atoms with Crippen molar-refractivity contribution in [1.82, 2.24) is 9.88 Å². The van der Waals surface area contributed by atoms with Gasteiger partial charge in [-0.25, -0.2) is 0 Å². The molecule has 0 amide bonds. The number of anilines is 1. The highest BCUT2D eigenvalue weighted by atomic mass is 35.5. The first-order valence-corrected chi connectivity index (χ1v) is 9.61. The van der Waals surface area contributed by atoms with E-state index >= 15 is 0 Å². The monoisotopic (exact) mass is 367 g/mol. The lowest BCUT2D eigenvalue weighted by Gasteiger charge is -2.20. The molecule has 3 rings (SSSR count). The van der Waals surface area contributed by atoms with Crippen molar-refractivity contribution in [2.75, 3.05) is 31.5 Å². The summed E-state index contributed by atoms with van der Waals surface area (Å²) >= 11 is 6.16. The molecule has 26 heavy (non-hydrogen) atoms. The summed E-state index contributed by atoms with van der Waals surface area (Å²) in [6.45, 7) is 10.5. The van der Waals surface area contributed by atoms with E-state index in [2.05, 4.69) is 66.3 Å². The van der Waals surface area contributed by atoms with Crippen LogP contribution in [0.15, 0.2) is 48.7 Å². The standard InChI is InChI=1S/C22H26ClN3/c1-4-26(5-2)13-12-24-22-19-11-10-18(23)14-21(19)25-15-20(22)17-8-6-16(3)7-9-17/h6-11,14-15H,4-5,12-13H2,1-3H3,(H,24,25). The Balaban J connectivity index is 2.00. The molecule has 0 fully saturated rings. The second-order valence-electron chi connectivity index (χ2n) is 6.53. The van der Waals surface area contributed by atoms with Crippen molar-refractivity contribution in [1.29, 1.82) is 0 Å². The van der Waals surface area contributed by atoms with Gasteiger partial charge in [-0.05, 0) is 43.8 Å². The number of aromatic nitrogens is 1. The molecule has 0 aliphatic carbocycles. The van der Waals surface area contributed by atoms with Gasteiger partial charge in [0.25, 0.3) is 0 Å². The number of fused-ring (bicyclic) bond motifs is 1. The molecule has 0 bridgehead atoms. The van der Waals surface area contributed by atoms with E-state index in [0.29, 0.717) is 5.02 Å². The van der Waals surface area contributed by atoms with E-state index in [1.807, 2.05) is 18.3 Å². The molecular formula is C22H26ClN3. The third kappa shape index (κ3) is 4.17. The summed E-state index contributed by atoms with van der Waals surface area (Å²) < 4.78 is 0. The van der Waals surface area contributed by atoms with Crippen molar-refractivity contribution in [2.45, 2.75) is 20.8 Å². The van der Waals surface area contributed by atoms with Gasteiger partial charge in [0.2, 0.25) is 0 Å². The van der Waals surface area contributed by atoms with Gasteiger partial charge in [0.05, 0.1) is 11.2 Å². The third-order valence-corrected chi connectivity index (χ3v) is 5.05. The minimum atomic E-state index is 0.710. The van der Waals surface area contributed by atoms with E-state index in [9.17, 15) is 0 Å². The molecule has 0 spiro atoms. The van der Waals surface area contributed by atoms with Crippen LogP contribution in [0.5, 0.6) is 0 Å². The van der Waals surface area contributed by atoms with Crippen LogP contribution in [0.2, 0.25) is 5.02 Å². The van der Waals surface area contributed by atoms with E-state index in [1.165, 1.54) is 11.1 Å². The van der Waals surface area contributed by atoms with Crippen LogP contribution in [0.25, 0.3) is 22.0 Å². The molecule has 3 aromatic rings. The van der Waals surface area contributed by atoms with E-state index in [4.69, 9.17) is 11.6 Å². The Morgan fingerprint density at radius 1 is 1.04 bits per heavy atom. The zero-order valence-corrected chi connectivity index (χ0v) is 16.5. The number of hydrogen-bond acceptors (Lipinski definition) is 3. The number of nitrogens with zero attached hydrogens (tertiary/aromatic N) is 2. The van der Waals surface area contributed by atoms with Crippen LogP contribution >= 0.6 is 11.6 Å². The molecule has 2 aromatic carbocycles. The molecule has 0 atom stereocenters. The molecule has 3 nitrogen and oxygen atoms in total. The fraction of sp³-hybridized carbons (Fsp3) is 0.318. The molecule has 0 saturated carbocycles. The van der Waals surface area contributed by atoms with E-state index in [-0.39, 0.29) is 0 Å². The van der Waals surface area contributed by atoms with Crippen molar-refractivity contribution in [2.24, 2.45) is 0 Å². The van der Waals surface area contributed by atoms with E-state index in [1.54, 1.807) is 0 Å². The molecule has 1 aromatic heterocycles. The Kier molecular flexibility index (Phi) is 6.12. The fourth-order valence-electron chi connectivity index (χ4n) is 3.19.